The molecule has 0 aliphatic rings. The van der Waals surface area contributed by atoms with Crippen molar-refractivity contribution in [3.8, 4) is 0 Å². The minimum Gasteiger partial charge on any atom is -0.466 e. The molecule has 6 heteroatoms. The summed E-state index contributed by atoms with van der Waals surface area (Å²) >= 11 is 0. The van der Waals surface area contributed by atoms with Gasteiger partial charge in [-0.2, -0.15) is 0 Å². The summed E-state index contributed by atoms with van der Waals surface area (Å²) < 4.78 is 10.9. The van der Waals surface area contributed by atoms with Crippen LogP contribution in [-0.4, -0.2) is 22.9 Å². The van der Waals surface area contributed by atoms with Crippen LogP contribution in [0.15, 0.2) is 33.5 Å². The highest BCUT2D eigenvalue weighted by atomic mass is 16.5. The van der Waals surface area contributed by atoms with Gasteiger partial charge in [-0.25, -0.2) is 4.79 Å². The first-order valence-electron chi connectivity index (χ1n) is 5.87. The molecule has 0 fully saturated rings. The van der Waals surface area contributed by atoms with E-state index in [1.165, 1.54) is 4.57 Å². The maximum atomic E-state index is 11.7. The van der Waals surface area contributed by atoms with Gasteiger partial charge < -0.3 is 9.15 Å². The molecule has 1 heterocycles. The number of oxazole rings is 1. The third-order valence-electron chi connectivity index (χ3n) is 2.56. The number of carbonyl (C=O) groups excluding carboxylic acids is 2. The molecule has 0 spiro atoms. The smallest absolute Gasteiger partial charge is 0.420 e. The molecule has 1 aromatic carbocycles. The molecule has 0 bridgehead atoms. The normalized spacial score (nSPS) is 10.6. The highest BCUT2D eigenvalue weighted by molar-refractivity contribution is 5.95. The molecule has 2 aromatic rings. The van der Waals surface area contributed by atoms with E-state index in [-0.39, 0.29) is 19.6 Å². The molecule has 1 aromatic heterocycles. The molecule has 0 N–H and O–H groups in total. The van der Waals surface area contributed by atoms with E-state index >= 15 is 0 Å². The van der Waals surface area contributed by atoms with Gasteiger partial charge in [-0.3, -0.25) is 14.2 Å². The summed E-state index contributed by atoms with van der Waals surface area (Å²) in [6, 6.07) is 6.79. The predicted octanol–water partition coefficient (Wildman–Crippen LogP) is 1.12. The molecule has 0 aliphatic carbocycles. The van der Waals surface area contributed by atoms with Gasteiger partial charge in [0.25, 0.3) is 0 Å². The molecule has 0 aliphatic heterocycles. The van der Waals surface area contributed by atoms with Crippen LogP contribution in [-0.2, 0) is 20.9 Å². The number of fused-ring (bicyclic) bond motifs is 1. The zero-order chi connectivity index (χ0) is 13.8. The van der Waals surface area contributed by atoms with Crippen molar-refractivity contribution in [3.05, 3.63) is 34.8 Å². The molecule has 0 amide bonds. The Labute approximate surface area is 108 Å². The van der Waals surface area contributed by atoms with E-state index in [1.54, 1.807) is 31.2 Å². The average Bonchev–Trinajstić information content (AvgIpc) is 2.66. The van der Waals surface area contributed by atoms with Crippen molar-refractivity contribution < 1.29 is 18.7 Å². The Morgan fingerprint density at radius 3 is 2.79 bits per heavy atom. The van der Waals surface area contributed by atoms with Crippen LogP contribution in [0.4, 0.5) is 0 Å². The predicted molar refractivity (Wildman–Crippen MR) is 66.7 cm³/mol. The number of Topliss-reactive ketones (excluding diaryl/α,β-unsaturated/α-hetero) is 1. The number of benzene rings is 1. The van der Waals surface area contributed by atoms with Crippen LogP contribution < -0.4 is 5.76 Å². The van der Waals surface area contributed by atoms with Crippen molar-refractivity contribution in [2.75, 3.05) is 6.61 Å². The SMILES string of the molecule is CCOC(=O)CC(=O)Cn1c(=O)oc2ccccc21. The number of ether oxygens (including phenoxy) is 1. The zero-order valence-corrected chi connectivity index (χ0v) is 10.4. The van der Waals surface area contributed by atoms with Crippen molar-refractivity contribution in [2.45, 2.75) is 19.9 Å². The summed E-state index contributed by atoms with van der Waals surface area (Å²) in [5, 5.41) is 0. The summed E-state index contributed by atoms with van der Waals surface area (Å²) in [5.74, 6) is -1.60. The molecular weight excluding hydrogens is 250 g/mol. The molecule has 0 saturated carbocycles. The highest BCUT2D eigenvalue weighted by Crippen LogP contribution is 2.11. The lowest BCUT2D eigenvalue weighted by atomic mass is 10.2. The second-order valence-electron chi connectivity index (χ2n) is 3.94. The van der Waals surface area contributed by atoms with Crippen LogP contribution in [0.3, 0.4) is 0 Å². The standard InChI is InChI=1S/C13H13NO5/c1-2-18-12(16)7-9(15)8-14-10-5-3-4-6-11(10)19-13(14)17/h3-6H,2,7-8H2,1H3. The van der Waals surface area contributed by atoms with Gasteiger partial charge in [-0.05, 0) is 19.1 Å². The number of nitrogens with zero attached hydrogens (tertiary/aromatic N) is 1. The van der Waals surface area contributed by atoms with Gasteiger partial charge in [0.1, 0.15) is 6.42 Å². The first kappa shape index (κ1) is 13.1. The van der Waals surface area contributed by atoms with Crippen molar-refractivity contribution in [3.63, 3.8) is 0 Å². The number of rotatable bonds is 5. The summed E-state index contributed by atoms with van der Waals surface area (Å²) in [6.45, 7) is 1.69. The Morgan fingerprint density at radius 2 is 2.05 bits per heavy atom. The molecule has 0 saturated heterocycles. The second kappa shape index (κ2) is 5.51. The third kappa shape index (κ3) is 2.90. The fourth-order valence-corrected chi connectivity index (χ4v) is 1.77. The van der Waals surface area contributed by atoms with Crippen molar-refractivity contribution in [2.24, 2.45) is 0 Å². The highest BCUT2D eigenvalue weighted by Gasteiger charge is 2.15. The topological polar surface area (TPSA) is 78.5 Å². The number of ketones is 1. The molecule has 2 rings (SSSR count). The fraction of sp³-hybridized carbons (Fsp3) is 0.308. The molecule has 100 valence electrons. The van der Waals surface area contributed by atoms with E-state index in [0.29, 0.717) is 11.1 Å². The van der Waals surface area contributed by atoms with Crippen molar-refractivity contribution in [1.29, 1.82) is 0 Å². The number of esters is 1. The third-order valence-corrected chi connectivity index (χ3v) is 2.56. The van der Waals surface area contributed by atoms with Crippen LogP contribution in [0.1, 0.15) is 13.3 Å². The van der Waals surface area contributed by atoms with E-state index in [9.17, 15) is 14.4 Å². The first-order chi connectivity index (χ1) is 9.11. The Hall–Kier alpha value is -2.37. The lowest BCUT2D eigenvalue weighted by molar-refractivity contribution is -0.145. The maximum Gasteiger partial charge on any atom is 0.420 e. The van der Waals surface area contributed by atoms with E-state index in [1.807, 2.05) is 0 Å². The summed E-state index contributed by atoms with van der Waals surface area (Å²) in [4.78, 5) is 34.5. The monoisotopic (exact) mass is 263 g/mol. The van der Waals surface area contributed by atoms with Gasteiger partial charge >= 0.3 is 11.7 Å². The van der Waals surface area contributed by atoms with Crippen molar-refractivity contribution in [1.82, 2.24) is 4.57 Å². The number of carbonyl (C=O) groups is 2. The molecule has 19 heavy (non-hydrogen) atoms. The quantitative estimate of drug-likeness (QED) is 0.596. The number of aromatic nitrogens is 1. The Bertz CT molecular complexity index is 667. The fourth-order valence-electron chi connectivity index (χ4n) is 1.77. The lowest BCUT2D eigenvalue weighted by Gasteiger charge is -2.02. The van der Waals surface area contributed by atoms with Gasteiger partial charge in [0.15, 0.2) is 11.4 Å². The molecule has 0 unspecified atom stereocenters. The van der Waals surface area contributed by atoms with Crippen LogP contribution in [0, 0.1) is 0 Å². The van der Waals surface area contributed by atoms with Crippen LogP contribution in [0.25, 0.3) is 11.1 Å². The zero-order valence-electron chi connectivity index (χ0n) is 10.4. The Kier molecular flexibility index (Phi) is 3.79. The second-order valence-corrected chi connectivity index (χ2v) is 3.94. The summed E-state index contributed by atoms with van der Waals surface area (Å²) in [7, 11) is 0. The van der Waals surface area contributed by atoms with E-state index in [4.69, 9.17) is 4.42 Å². The molecule has 6 nitrogen and oxygen atoms in total. The van der Waals surface area contributed by atoms with Crippen LogP contribution >= 0.6 is 0 Å². The maximum absolute atomic E-state index is 11.7. The van der Waals surface area contributed by atoms with E-state index in [2.05, 4.69) is 4.74 Å². The van der Waals surface area contributed by atoms with E-state index < -0.39 is 17.5 Å². The average molecular weight is 263 g/mol. The minimum atomic E-state index is -0.613. The molecular formula is C13H13NO5. The largest absolute Gasteiger partial charge is 0.466 e. The Balaban J connectivity index is 2.17. The van der Waals surface area contributed by atoms with Gasteiger partial charge in [0.2, 0.25) is 0 Å². The minimum absolute atomic E-state index is 0.200. The lowest BCUT2D eigenvalue weighted by Crippen LogP contribution is -2.22. The first-order valence-corrected chi connectivity index (χ1v) is 5.87. The van der Waals surface area contributed by atoms with Crippen molar-refractivity contribution >= 4 is 22.9 Å². The number of hydrogen-bond acceptors (Lipinski definition) is 5. The van der Waals surface area contributed by atoms with Gasteiger partial charge in [0, 0.05) is 0 Å². The number of hydrogen-bond donors (Lipinski definition) is 0. The number of para-hydroxylation sites is 2. The van der Waals surface area contributed by atoms with Crippen LogP contribution in [0.2, 0.25) is 0 Å². The van der Waals surface area contributed by atoms with Crippen LogP contribution in [0.5, 0.6) is 0 Å². The van der Waals surface area contributed by atoms with Gasteiger partial charge in [-0.1, -0.05) is 12.1 Å². The molecule has 0 atom stereocenters. The van der Waals surface area contributed by atoms with Gasteiger partial charge in [-0.15, -0.1) is 0 Å². The Morgan fingerprint density at radius 1 is 1.32 bits per heavy atom. The van der Waals surface area contributed by atoms with Gasteiger partial charge in [0.05, 0.1) is 18.7 Å². The summed E-state index contributed by atoms with van der Waals surface area (Å²) in [6.07, 6.45) is -0.347. The summed E-state index contributed by atoms with van der Waals surface area (Å²) in [5.41, 5.74) is 0.946. The molecule has 0 radical (unpaired) electrons. The van der Waals surface area contributed by atoms with E-state index in [0.717, 1.165) is 0 Å².